The smallest absolute Gasteiger partial charge is 0.255 e. The third-order valence-corrected chi connectivity index (χ3v) is 7.79. The van der Waals surface area contributed by atoms with Gasteiger partial charge in [-0.3, -0.25) is 9.59 Å². The van der Waals surface area contributed by atoms with Crippen molar-refractivity contribution in [3.63, 3.8) is 0 Å². The van der Waals surface area contributed by atoms with E-state index in [9.17, 15) is 9.59 Å². The average Bonchev–Trinajstić information content (AvgIpc) is 3.47. The van der Waals surface area contributed by atoms with Gasteiger partial charge in [-0.25, -0.2) is 0 Å². The number of hydrogen-bond donors (Lipinski definition) is 1. The molecular formula is C26H26ClN3O3. The van der Waals surface area contributed by atoms with Crippen molar-refractivity contribution in [2.45, 2.75) is 37.3 Å². The van der Waals surface area contributed by atoms with Gasteiger partial charge in [0.25, 0.3) is 5.91 Å². The number of nitrogens with one attached hydrogen (secondary N) is 1. The minimum absolute atomic E-state index is 0.00416. The summed E-state index contributed by atoms with van der Waals surface area (Å²) in [5.74, 6) is -0.124. The highest BCUT2D eigenvalue weighted by atomic mass is 35.5. The molecule has 2 amide bonds. The van der Waals surface area contributed by atoms with Crippen molar-refractivity contribution in [3.05, 3.63) is 70.4 Å². The van der Waals surface area contributed by atoms with Gasteiger partial charge in [0.05, 0.1) is 18.3 Å². The van der Waals surface area contributed by atoms with Gasteiger partial charge in [-0.2, -0.15) is 0 Å². The first kappa shape index (κ1) is 20.8. The van der Waals surface area contributed by atoms with E-state index < -0.39 is 5.54 Å². The van der Waals surface area contributed by atoms with Crippen LogP contribution in [0.25, 0.3) is 10.9 Å². The van der Waals surface area contributed by atoms with Crippen LogP contribution in [0.1, 0.15) is 42.5 Å². The number of hydrogen-bond acceptors (Lipinski definition) is 3. The number of para-hydroxylation sites is 1. The molecule has 3 aliphatic rings. The number of carbonyl (C=O) groups excluding carboxylic acids is 2. The molecule has 2 fully saturated rings. The second-order valence-corrected chi connectivity index (χ2v) is 9.90. The molecule has 1 N–H and O–H groups in total. The second kappa shape index (κ2) is 7.61. The molecule has 0 saturated carbocycles. The molecule has 3 aliphatic heterocycles. The van der Waals surface area contributed by atoms with Gasteiger partial charge >= 0.3 is 0 Å². The van der Waals surface area contributed by atoms with Crippen molar-refractivity contribution in [1.29, 1.82) is 0 Å². The van der Waals surface area contributed by atoms with Gasteiger partial charge in [-0.05, 0) is 49.1 Å². The van der Waals surface area contributed by atoms with Crippen LogP contribution in [0.3, 0.4) is 0 Å². The van der Waals surface area contributed by atoms with E-state index in [1.54, 1.807) is 9.80 Å². The zero-order chi connectivity index (χ0) is 22.7. The van der Waals surface area contributed by atoms with E-state index in [2.05, 4.69) is 11.1 Å². The number of aromatic nitrogens is 1. The number of aromatic amines is 1. The number of halogens is 1. The first-order valence-electron chi connectivity index (χ1n) is 11.5. The first-order chi connectivity index (χ1) is 16.0. The number of rotatable bonds is 3. The highest BCUT2D eigenvalue weighted by molar-refractivity contribution is 6.30. The van der Waals surface area contributed by atoms with Gasteiger partial charge in [0.1, 0.15) is 0 Å². The summed E-state index contributed by atoms with van der Waals surface area (Å²) in [5, 5.41) is 1.76. The van der Waals surface area contributed by atoms with E-state index in [-0.39, 0.29) is 30.4 Å². The lowest BCUT2D eigenvalue weighted by atomic mass is 9.76. The Hall–Kier alpha value is -2.83. The lowest BCUT2D eigenvalue weighted by Gasteiger charge is -2.51. The number of H-pyrrole nitrogens is 1. The average molecular weight is 464 g/mol. The number of amides is 2. The maximum atomic E-state index is 14.0. The Morgan fingerprint density at radius 3 is 2.70 bits per heavy atom. The Kier molecular flexibility index (Phi) is 4.78. The van der Waals surface area contributed by atoms with Crippen molar-refractivity contribution in [2.75, 3.05) is 26.2 Å². The van der Waals surface area contributed by atoms with Gasteiger partial charge in [-0.15, -0.1) is 0 Å². The third-order valence-electron chi connectivity index (χ3n) is 7.54. The van der Waals surface area contributed by atoms with Crippen molar-refractivity contribution < 1.29 is 14.3 Å². The van der Waals surface area contributed by atoms with Gasteiger partial charge in [-0.1, -0.05) is 41.9 Å². The Morgan fingerprint density at radius 1 is 1.15 bits per heavy atom. The van der Waals surface area contributed by atoms with Crippen LogP contribution in [0.2, 0.25) is 5.02 Å². The molecule has 4 heterocycles. The van der Waals surface area contributed by atoms with E-state index in [0.29, 0.717) is 18.1 Å². The Balaban J connectivity index is 1.50. The monoisotopic (exact) mass is 463 g/mol. The van der Waals surface area contributed by atoms with E-state index in [4.69, 9.17) is 16.3 Å². The summed E-state index contributed by atoms with van der Waals surface area (Å²) in [4.78, 5) is 34.5. The summed E-state index contributed by atoms with van der Waals surface area (Å²) >= 11 is 6.15. The Morgan fingerprint density at radius 2 is 1.94 bits per heavy atom. The van der Waals surface area contributed by atoms with Crippen molar-refractivity contribution in [1.82, 2.24) is 14.8 Å². The van der Waals surface area contributed by atoms with E-state index in [0.717, 1.165) is 47.2 Å². The van der Waals surface area contributed by atoms with Gasteiger partial charge in [0, 0.05) is 41.5 Å². The lowest BCUT2D eigenvalue weighted by Crippen LogP contribution is -2.68. The number of carbonyl (C=O) groups is 2. The quantitative estimate of drug-likeness (QED) is 0.637. The number of benzene rings is 2. The standard InChI is InChI=1S/C26H26ClN3O3/c1-26-24-23(19-6-2-3-7-21(19)28-24)20(16-8-10-17(27)11-9-16)14-30(26)22(31)15-29(25(26)32)13-18-5-4-12-33-18/h2-3,6-11,18,20,28H,4-5,12-15H2,1H3/t18-,20+,26+/m1/s1. The molecule has 2 saturated heterocycles. The first-order valence-corrected chi connectivity index (χ1v) is 11.9. The molecule has 0 aliphatic carbocycles. The zero-order valence-corrected chi connectivity index (χ0v) is 19.3. The van der Waals surface area contributed by atoms with Crippen LogP contribution in [0.4, 0.5) is 0 Å². The summed E-state index contributed by atoms with van der Waals surface area (Å²) in [5.41, 5.74) is 2.87. The minimum Gasteiger partial charge on any atom is -0.376 e. The van der Waals surface area contributed by atoms with E-state index in [1.165, 1.54) is 0 Å². The highest BCUT2D eigenvalue weighted by Gasteiger charge is 2.56. The fourth-order valence-corrected chi connectivity index (χ4v) is 5.98. The summed E-state index contributed by atoms with van der Waals surface area (Å²) in [6.07, 6.45) is 1.93. The maximum Gasteiger partial charge on any atom is 0.255 e. The SMILES string of the molecule is C[C@]12C(=O)N(C[C@H]3CCCO3)CC(=O)N1C[C@@H](c1ccc(Cl)cc1)c1c2[nH]c2ccccc12. The fraction of sp³-hybridized carbons (Fsp3) is 0.385. The molecule has 6 nitrogen and oxygen atoms in total. The number of piperazine rings is 1. The van der Waals surface area contributed by atoms with E-state index >= 15 is 0 Å². The van der Waals surface area contributed by atoms with Crippen LogP contribution in [0.5, 0.6) is 0 Å². The molecule has 7 heteroatoms. The van der Waals surface area contributed by atoms with Crippen LogP contribution in [-0.4, -0.2) is 58.9 Å². The minimum atomic E-state index is -1.08. The molecule has 0 spiro atoms. The van der Waals surface area contributed by atoms with Crippen molar-refractivity contribution >= 4 is 34.3 Å². The van der Waals surface area contributed by atoms with Crippen LogP contribution < -0.4 is 0 Å². The van der Waals surface area contributed by atoms with Gasteiger partial charge in [0.2, 0.25) is 5.91 Å². The molecule has 1 aromatic heterocycles. The topological polar surface area (TPSA) is 65.6 Å². The molecule has 170 valence electrons. The Bertz CT molecular complexity index is 1250. The molecular weight excluding hydrogens is 438 g/mol. The summed E-state index contributed by atoms with van der Waals surface area (Å²) in [6, 6.07) is 15.9. The maximum absolute atomic E-state index is 14.0. The molecule has 0 unspecified atom stereocenters. The predicted octanol–water partition coefficient (Wildman–Crippen LogP) is 4.03. The zero-order valence-electron chi connectivity index (χ0n) is 18.5. The molecule has 6 rings (SSSR count). The van der Waals surface area contributed by atoms with Gasteiger partial charge < -0.3 is 19.5 Å². The van der Waals surface area contributed by atoms with Crippen LogP contribution in [0, 0.1) is 0 Å². The van der Waals surface area contributed by atoms with Crippen LogP contribution in [-0.2, 0) is 19.9 Å². The Labute approximate surface area is 197 Å². The molecule has 0 radical (unpaired) electrons. The number of fused-ring (bicyclic) bond motifs is 5. The fourth-order valence-electron chi connectivity index (χ4n) is 5.85. The molecule has 3 atom stereocenters. The van der Waals surface area contributed by atoms with Crippen molar-refractivity contribution in [2.24, 2.45) is 0 Å². The second-order valence-electron chi connectivity index (χ2n) is 9.46. The molecule has 2 aromatic carbocycles. The number of nitrogens with zero attached hydrogens (tertiary/aromatic N) is 2. The molecule has 0 bridgehead atoms. The predicted molar refractivity (Wildman–Crippen MR) is 126 cm³/mol. The summed E-state index contributed by atoms with van der Waals surface area (Å²) in [6.45, 7) is 3.62. The van der Waals surface area contributed by atoms with Crippen LogP contribution >= 0.6 is 11.6 Å². The lowest BCUT2D eigenvalue weighted by molar-refractivity contribution is -0.167. The van der Waals surface area contributed by atoms with Crippen molar-refractivity contribution in [3.8, 4) is 0 Å². The molecule has 33 heavy (non-hydrogen) atoms. The van der Waals surface area contributed by atoms with Crippen LogP contribution in [0.15, 0.2) is 48.5 Å². The summed E-state index contributed by atoms with van der Waals surface area (Å²) < 4.78 is 5.77. The normalized spacial score (nSPS) is 27.2. The summed E-state index contributed by atoms with van der Waals surface area (Å²) in [7, 11) is 0. The molecule has 3 aromatic rings. The van der Waals surface area contributed by atoms with E-state index in [1.807, 2.05) is 49.4 Å². The number of ether oxygens (including phenoxy) is 1. The van der Waals surface area contributed by atoms with Gasteiger partial charge in [0.15, 0.2) is 5.54 Å². The highest BCUT2D eigenvalue weighted by Crippen LogP contribution is 2.48. The largest absolute Gasteiger partial charge is 0.376 e. The third kappa shape index (κ3) is 3.11.